The minimum absolute atomic E-state index is 0.0159. The van der Waals surface area contributed by atoms with Gasteiger partial charge in [0.05, 0.1) is 11.7 Å². The Kier molecular flexibility index (Phi) is 5.96. The largest absolute Gasteiger partial charge is 0.396 e. The Hall–Kier alpha value is -1.17. The highest BCUT2D eigenvalue weighted by atomic mass is 35.5. The number of hydrogen-bond donors (Lipinski definition) is 1. The molecule has 21 heavy (non-hydrogen) atoms. The summed E-state index contributed by atoms with van der Waals surface area (Å²) in [5.41, 5.74) is 0.0159. The van der Waals surface area contributed by atoms with Crippen molar-refractivity contribution in [3.63, 3.8) is 0 Å². The van der Waals surface area contributed by atoms with Gasteiger partial charge in [0.1, 0.15) is 5.82 Å². The second-order valence-corrected chi connectivity index (χ2v) is 5.50. The van der Waals surface area contributed by atoms with Crippen molar-refractivity contribution in [2.75, 3.05) is 26.3 Å². The highest BCUT2D eigenvalue weighted by Gasteiger charge is 2.25. The van der Waals surface area contributed by atoms with E-state index in [1.165, 1.54) is 18.2 Å². The Labute approximate surface area is 128 Å². The molecule has 0 atom stereocenters. The van der Waals surface area contributed by atoms with Crippen molar-refractivity contribution in [1.82, 2.24) is 4.90 Å². The van der Waals surface area contributed by atoms with Crippen LogP contribution in [0.3, 0.4) is 0 Å². The summed E-state index contributed by atoms with van der Waals surface area (Å²) in [4.78, 5) is 13.9. The van der Waals surface area contributed by atoms with Crippen molar-refractivity contribution in [2.45, 2.75) is 25.4 Å². The molecule has 116 valence electrons. The number of aliphatic hydroxyl groups is 1. The van der Waals surface area contributed by atoms with Crippen molar-refractivity contribution in [3.05, 3.63) is 34.6 Å². The summed E-state index contributed by atoms with van der Waals surface area (Å²) >= 11 is 5.82. The van der Waals surface area contributed by atoms with Crippen molar-refractivity contribution < 1.29 is 19.0 Å². The summed E-state index contributed by atoms with van der Waals surface area (Å²) in [5, 5.41) is 9.05. The van der Waals surface area contributed by atoms with Crippen LogP contribution >= 0.6 is 11.6 Å². The van der Waals surface area contributed by atoms with Crippen molar-refractivity contribution in [2.24, 2.45) is 0 Å². The number of benzene rings is 1. The van der Waals surface area contributed by atoms with E-state index in [2.05, 4.69) is 0 Å². The molecule has 1 amide bonds. The molecule has 2 rings (SSSR count). The molecule has 0 spiro atoms. The number of likely N-dealkylation sites (tertiary alicyclic amines) is 1. The topological polar surface area (TPSA) is 49.8 Å². The molecule has 0 radical (unpaired) electrons. The lowest BCUT2D eigenvalue weighted by Gasteiger charge is -2.32. The maximum Gasteiger partial charge on any atom is 0.256 e. The summed E-state index contributed by atoms with van der Waals surface area (Å²) in [5.74, 6) is -0.880. The summed E-state index contributed by atoms with van der Waals surface area (Å²) in [6.45, 7) is 1.71. The molecule has 4 nitrogen and oxygen atoms in total. The van der Waals surface area contributed by atoms with Crippen LogP contribution in [0, 0.1) is 5.82 Å². The van der Waals surface area contributed by atoms with E-state index in [0.717, 1.165) is 12.8 Å². The second-order valence-electron chi connectivity index (χ2n) is 5.06. The maximum atomic E-state index is 13.7. The third-order valence-corrected chi connectivity index (χ3v) is 3.78. The molecular formula is C15H19ClFNO3. The summed E-state index contributed by atoms with van der Waals surface area (Å²) in [7, 11) is 0. The zero-order valence-corrected chi connectivity index (χ0v) is 12.5. The number of rotatable bonds is 5. The van der Waals surface area contributed by atoms with Crippen LogP contribution < -0.4 is 0 Å². The second kappa shape index (κ2) is 7.73. The first-order valence-corrected chi connectivity index (χ1v) is 7.46. The average molecular weight is 316 g/mol. The lowest BCUT2D eigenvalue weighted by atomic mass is 10.1. The van der Waals surface area contributed by atoms with Gasteiger partial charge in [-0.2, -0.15) is 0 Å². The molecule has 0 aromatic heterocycles. The SMILES string of the molecule is O=C(c1cc(Cl)ccc1F)N1CCC(OCCCO)CC1. The van der Waals surface area contributed by atoms with Crippen LogP contribution in [-0.2, 0) is 4.74 Å². The van der Waals surface area contributed by atoms with Crippen LogP contribution in [0.2, 0.25) is 5.02 Å². The number of piperidine rings is 1. The van der Waals surface area contributed by atoms with Crippen LogP contribution in [0.15, 0.2) is 18.2 Å². The Morgan fingerprint density at radius 2 is 2.14 bits per heavy atom. The summed E-state index contributed by atoms with van der Waals surface area (Å²) in [6.07, 6.45) is 2.16. The van der Waals surface area contributed by atoms with Gasteiger partial charge in [0.25, 0.3) is 5.91 Å². The molecule has 0 bridgehead atoms. The minimum Gasteiger partial charge on any atom is -0.396 e. The first-order valence-electron chi connectivity index (χ1n) is 7.08. The van der Waals surface area contributed by atoms with Gasteiger partial charge < -0.3 is 14.7 Å². The Bertz CT molecular complexity index is 490. The Morgan fingerprint density at radius 1 is 1.43 bits per heavy atom. The number of nitrogens with zero attached hydrogens (tertiary/aromatic N) is 1. The van der Waals surface area contributed by atoms with E-state index in [1.807, 2.05) is 0 Å². The van der Waals surface area contributed by atoms with Gasteiger partial charge in [-0.25, -0.2) is 4.39 Å². The van der Waals surface area contributed by atoms with Gasteiger partial charge in [0.2, 0.25) is 0 Å². The zero-order valence-electron chi connectivity index (χ0n) is 11.7. The number of carbonyl (C=O) groups excluding carboxylic acids is 1. The van der Waals surface area contributed by atoms with Crippen LogP contribution in [0.4, 0.5) is 4.39 Å². The van der Waals surface area contributed by atoms with Gasteiger partial charge in [-0.1, -0.05) is 11.6 Å². The molecule has 1 aliphatic heterocycles. The van der Waals surface area contributed by atoms with E-state index < -0.39 is 5.82 Å². The lowest BCUT2D eigenvalue weighted by Crippen LogP contribution is -2.41. The number of aliphatic hydroxyl groups excluding tert-OH is 1. The molecule has 1 fully saturated rings. The fraction of sp³-hybridized carbons (Fsp3) is 0.533. The molecule has 0 aliphatic carbocycles. The number of halogens is 2. The van der Waals surface area contributed by atoms with Crippen LogP contribution in [0.25, 0.3) is 0 Å². The maximum absolute atomic E-state index is 13.7. The van der Waals surface area contributed by atoms with Gasteiger partial charge in [0, 0.05) is 31.3 Å². The minimum atomic E-state index is -0.550. The molecule has 0 saturated carbocycles. The predicted octanol–water partition coefficient (Wildman–Crippen LogP) is 2.48. The molecule has 1 N–H and O–H groups in total. The number of hydrogen-bond acceptors (Lipinski definition) is 3. The highest BCUT2D eigenvalue weighted by molar-refractivity contribution is 6.31. The predicted molar refractivity (Wildman–Crippen MR) is 78.0 cm³/mol. The van der Waals surface area contributed by atoms with E-state index >= 15 is 0 Å². The van der Waals surface area contributed by atoms with Gasteiger partial charge in [-0.15, -0.1) is 0 Å². The van der Waals surface area contributed by atoms with Crippen LogP contribution in [0.5, 0.6) is 0 Å². The Morgan fingerprint density at radius 3 is 2.81 bits per heavy atom. The summed E-state index contributed by atoms with van der Waals surface area (Å²) < 4.78 is 19.3. The lowest BCUT2D eigenvalue weighted by molar-refractivity contribution is 0.00388. The van der Waals surface area contributed by atoms with Crippen molar-refractivity contribution >= 4 is 17.5 Å². The molecule has 1 aromatic carbocycles. The first kappa shape index (κ1) is 16.2. The highest BCUT2D eigenvalue weighted by Crippen LogP contribution is 2.20. The normalized spacial score (nSPS) is 16.2. The zero-order chi connectivity index (χ0) is 15.2. The third-order valence-electron chi connectivity index (χ3n) is 3.54. The fourth-order valence-electron chi connectivity index (χ4n) is 2.37. The van der Waals surface area contributed by atoms with Gasteiger partial charge in [0.15, 0.2) is 0 Å². The van der Waals surface area contributed by atoms with E-state index in [9.17, 15) is 9.18 Å². The molecule has 1 heterocycles. The van der Waals surface area contributed by atoms with Gasteiger partial charge in [-0.05, 0) is 37.5 Å². The van der Waals surface area contributed by atoms with Crippen molar-refractivity contribution in [1.29, 1.82) is 0 Å². The third kappa shape index (κ3) is 4.40. The standard InChI is InChI=1S/C15H19ClFNO3/c16-11-2-3-14(17)13(10-11)15(20)18-6-4-12(5-7-18)21-9-1-8-19/h2-3,10,12,19H,1,4-9H2. The molecule has 6 heteroatoms. The first-order chi connectivity index (χ1) is 10.1. The van der Waals surface area contributed by atoms with Gasteiger partial charge in [-0.3, -0.25) is 4.79 Å². The fourth-order valence-corrected chi connectivity index (χ4v) is 2.54. The smallest absolute Gasteiger partial charge is 0.256 e. The van der Waals surface area contributed by atoms with Crippen LogP contribution in [0.1, 0.15) is 29.6 Å². The monoisotopic (exact) mass is 315 g/mol. The molecular weight excluding hydrogens is 297 g/mol. The van der Waals surface area contributed by atoms with E-state index in [0.29, 0.717) is 31.1 Å². The van der Waals surface area contributed by atoms with E-state index in [1.54, 1.807) is 4.90 Å². The van der Waals surface area contributed by atoms with Gasteiger partial charge >= 0.3 is 0 Å². The van der Waals surface area contributed by atoms with Crippen molar-refractivity contribution in [3.8, 4) is 0 Å². The number of carbonyl (C=O) groups is 1. The van der Waals surface area contributed by atoms with Crippen LogP contribution in [-0.4, -0.2) is 48.3 Å². The van der Waals surface area contributed by atoms with E-state index in [4.69, 9.17) is 21.4 Å². The number of amides is 1. The molecule has 0 unspecified atom stereocenters. The van der Waals surface area contributed by atoms with E-state index in [-0.39, 0.29) is 24.2 Å². The molecule has 1 saturated heterocycles. The molecule has 1 aromatic rings. The quantitative estimate of drug-likeness (QED) is 0.849. The average Bonchev–Trinajstić information content (AvgIpc) is 2.50. The molecule has 1 aliphatic rings. The Balaban J connectivity index is 1.89. The summed E-state index contributed by atoms with van der Waals surface area (Å²) in [6, 6.07) is 4.00. The number of ether oxygens (including phenoxy) is 1.